The summed E-state index contributed by atoms with van der Waals surface area (Å²) in [6, 6.07) is 8.40. The fraction of sp³-hybridized carbons (Fsp3) is 0.471. The normalized spacial score (nSPS) is 11.3. The van der Waals surface area contributed by atoms with Gasteiger partial charge in [0.1, 0.15) is 0 Å². The van der Waals surface area contributed by atoms with Gasteiger partial charge < -0.3 is 4.90 Å². The van der Waals surface area contributed by atoms with E-state index in [1.54, 1.807) is 4.68 Å². The first-order chi connectivity index (χ1) is 11.2. The van der Waals surface area contributed by atoms with Crippen molar-refractivity contribution in [3.63, 3.8) is 0 Å². The minimum absolute atomic E-state index is 0.534. The van der Waals surface area contributed by atoms with Crippen molar-refractivity contribution in [2.24, 2.45) is 5.10 Å². The molecule has 0 atom stereocenters. The molecule has 0 bridgehead atoms. The molecule has 0 aliphatic heterocycles. The standard InChI is InChI=1S/C17H25N5S/c1-4-7-8-16-19-20-17(23)22(16)18-13-14-9-11-15(12-10-14)21(5-2)6-3/h9-13H,4-8H2,1-3H3,(H,20,23)/b18-13+. The summed E-state index contributed by atoms with van der Waals surface area (Å²) in [6.07, 6.45) is 4.90. The van der Waals surface area contributed by atoms with Gasteiger partial charge in [0.15, 0.2) is 5.82 Å². The van der Waals surface area contributed by atoms with Crippen LogP contribution in [0.5, 0.6) is 0 Å². The molecule has 5 nitrogen and oxygen atoms in total. The smallest absolute Gasteiger partial charge is 0.216 e. The number of hydrogen-bond acceptors (Lipinski definition) is 4. The molecule has 0 spiro atoms. The van der Waals surface area contributed by atoms with Gasteiger partial charge in [0.2, 0.25) is 4.77 Å². The Labute approximate surface area is 143 Å². The molecule has 124 valence electrons. The van der Waals surface area contributed by atoms with Crippen LogP contribution in [0.2, 0.25) is 0 Å². The molecule has 1 N–H and O–H groups in total. The van der Waals surface area contributed by atoms with E-state index in [0.29, 0.717) is 4.77 Å². The van der Waals surface area contributed by atoms with E-state index in [9.17, 15) is 0 Å². The molecule has 0 unspecified atom stereocenters. The first kappa shape index (κ1) is 17.4. The number of anilines is 1. The summed E-state index contributed by atoms with van der Waals surface area (Å²) in [5, 5.41) is 11.6. The Bertz CT molecular complexity index is 680. The zero-order valence-electron chi connectivity index (χ0n) is 14.1. The van der Waals surface area contributed by atoms with Gasteiger partial charge in [-0.15, -0.1) is 0 Å². The Kier molecular flexibility index (Phi) is 6.52. The van der Waals surface area contributed by atoms with Gasteiger partial charge in [-0.3, -0.25) is 5.10 Å². The second kappa shape index (κ2) is 8.62. The molecule has 23 heavy (non-hydrogen) atoms. The average molecular weight is 331 g/mol. The lowest BCUT2D eigenvalue weighted by Crippen LogP contribution is -2.21. The summed E-state index contributed by atoms with van der Waals surface area (Å²) in [6.45, 7) is 8.50. The Morgan fingerprint density at radius 2 is 1.91 bits per heavy atom. The molecule has 2 aromatic rings. The number of H-pyrrole nitrogens is 1. The molecular formula is C17H25N5S. The van der Waals surface area contributed by atoms with E-state index in [1.807, 2.05) is 6.21 Å². The number of aryl methyl sites for hydroxylation is 1. The number of unbranched alkanes of at least 4 members (excludes halogenated alkanes) is 1. The van der Waals surface area contributed by atoms with Gasteiger partial charge in [0.25, 0.3) is 0 Å². The molecule has 0 fully saturated rings. The minimum Gasteiger partial charge on any atom is -0.372 e. The maximum Gasteiger partial charge on any atom is 0.216 e. The van der Waals surface area contributed by atoms with E-state index < -0.39 is 0 Å². The summed E-state index contributed by atoms with van der Waals surface area (Å²) >= 11 is 5.25. The van der Waals surface area contributed by atoms with Crippen molar-refractivity contribution >= 4 is 24.1 Å². The molecule has 2 rings (SSSR count). The van der Waals surface area contributed by atoms with Crippen molar-refractivity contribution in [3.05, 3.63) is 40.4 Å². The van der Waals surface area contributed by atoms with Crippen LogP contribution in [0.15, 0.2) is 29.4 Å². The lowest BCUT2D eigenvalue weighted by molar-refractivity contribution is 0.700. The summed E-state index contributed by atoms with van der Waals surface area (Å²) in [5.74, 6) is 0.882. The first-order valence-electron chi connectivity index (χ1n) is 8.25. The van der Waals surface area contributed by atoms with Crippen LogP contribution in [0, 0.1) is 4.77 Å². The van der Waals surface area contributed by atoms with Crippen LogP contribution < -0.4 is 4.90 Å². The van der Waals surface area contributed by atoms with E-state index >= 15 is 0 Å². The fourth-order valence-corrected chi connectivity index (χ4v) is 2.62. The summed E-state index contributed by atoms with van der Waals surface area (Å²) < 4.78 is 2.25. The highest BCUT2D eigenvalue weighted by Gasteiger charge is 2.04. The second-order valence-electron chi connectivity index (χ2n) is 5.37. The number of aromatic nitrogens is 3. The summed E-state index contributed by atoms with van der Waals surface area (Å²) in [7, 11) is 0. The highest BCUT2D eigenvalue weighted by Crippen LogP contribution is 2.14. The lowest BCUT2D eigenvalue weighted by Gasteiger charge is -2.20. The van der Waals surface area contributed by atoms with Gasteiger partial charge in [-0.1, -0.05) is 25.5 Å². The Hall–Kier alpha value is -1.95. The largest absolute Gasteiger partial charge is 0.372 e. The van der Waals surface area contributed by atoms with Crippen molar-refractivity contribution in [2.45, 2.75) is 40.0 Å². The molecule has 0 aliphatic carbocycles. The van der Waals surface area contributed by atoms with Crippen LogP contribution in [0.3, 0.4) is 0 Å². The quantitative estimate of drug-likeness (QED) is 0.587. The molecular weight excluding hydrogens is 306 g/mol. The van der Waals surface area contributed by atoms with Crippen molar-refractivity contribution in [3.8, 4) is 0 Å². The Morgan fingerprint density at radius 1 is 1.22 bits per heavy atom. The average Bonchev–Trinajstić information content (AvgIpc) is 2.93. The maximum absolute atomic E-state index is 5.25. The molecule has 1 aromatic heterocycles. The molecule has 0 amide bonds. The molecule has 0 aliphatic rings. The fourth-order valence-electron chi connectivity index (χ4n) is 2.42. The van der Waals surface area contributed by atoms with Crippen LogP contribution in [0.4, 0.5) is 5.69 Å². The number of rotatable bonds is 8. The number of aromatic amines is 1. The zero-order valence-corrected chi connectivity index (χ0v) is 14.9. The monoisotopic (exact) mass is 331 g/mol. The Morgan fingerprint density at radius 3 is 2.52 bits per heavy atom. The van der Waals surface area contributed by atoms with Gasteiger partial charge in [-0.05, 0) is 50.2 Å². The SMILES string of the molecule is CCCCc1n[nH]c(=S)n1/N=C/c1ccc(N(CC)CC)cc1. The summed E-state index contributed by atoms with van der Waals surface area (Å²) in [4.78, 5) is 2.32. The van der Waals surface area contributed by atoms with E-state index in [1.165, 1.54) is 5.69 Å². The van der Waals surface area contributed by atoms with Crippen LogP contribution in [0.1, 0.15) is 45.0 Å². The number of hydrogen-bond donors (Lipinski definition) is 1. The van der Waals surface area contributed by atoms with Crippen LogP contribution in [-0.4, -0.2) is 34.2 Å². The van der Waals surface area contributed by atoms with Crippen LogP contribution in [0.25, 0.3) is 0 Å². The lowest BCUT2D eigenvalue weighted by atomic mass is 10.2. The third-order valence-corrected chi connectivity index (χ3v) is 4.08. The number of benzene rings is 1. The summed E-state index contributed by atoms with van der Waals surface area (Å²) in [5.41, 5.74) is 2.28. The maximum atomic E-state index is 5.25. The minimum atomic E-state index is 0.534. The third-order valence-electron chi connectivity index (χ3n) is 3.82. The predicted molar refractivity (Wildman–Crippen MR) is 99.0 cm³/mol. The Balaban J connectivity index is 2.14. The zero-order chi connectivity index (χ0) is 16.7. The van der Waals surface area contributed by atoms with Gasteiger partial charge >= 0.3 is 0 Å². The third kappa shape index (κ3) is 4.51. The van der Waals surface area contributed by atoms with Crippen molar-refractivity contribution in [1.82, 2.24) is 14.9 Å². The van der Waals surface area contributed by atoms with Gasteiger partial charge in [-0.25, -0.2) is 0 Å². The molecule has 0 radical (unpaired) electrons. The number of nitrogens with one attached hydrogen (secondary N) is 1. The van der Waals surface area contributed by atoms with Gasteiger partial charge in [0, 0.05) is 25.2 Å². The molecule has 1 aromatic carbocycles. The van der Waals surface area contributed by atoms with Crippen molar-refractivity contribution < 1.29 is 0 Å². The van der Waals surface area contributed by atoms with Crippen LogP contribution in [-0.2, 0) is 6.42 Å². The highest BCUT2D eigenvalue weighted by atomic mass is 32.1. The molecule has 6 heteroatoms. The first-order valence-corrected chi connectivity index (χ1v) is 8.66. The second-order valence-corrected chi connectivity index (χ2v) is 5.76. The molecule has 1 heterocycles. The van der Waals surface area contributed by atoms with Crippen molar-refractivity contribution in [1.29, 1.82) is 0 Å². The van der Waals surface area contributed by atoms with E-state index in [2.05, 4.69) is 65.2 Å². The molecule has 0 saturated heterocycles. The van der Waals surface area contributed by atoms with Gasteiger partial charge in [-0.2, -0.15) is 14.9 Å². The van der Waals surface area contributed by atoms with E-state index in [0.717, 1.165) is 43.7 Å². The molecule has 0 saturated carbocycles. The van der Waals surface area contributed by atoms with E-state index in [4.69, 9.17) is 12.2 Å². The topological polar surface area (TPSA) is 49.2 Å². The highest BCUT2D eigenvalue weighted by molar-refractivity contribution is 7.71. The van der Waals surface area contributed by atoms with E-state index in [-0.39, 0.29) is 0 Å². The van der Waals surface area contributed by atoms with Gasteiger partial charge in [0.05, 0.1) is 6.21 Å². The van der Waals surface area contributed by atoms with Crippen LogP contribution >= 0.6 is 12.2 Å². The van der Waals surface area contributed by atoms with Crippen molar-refractivity contribution in [2.75, 3.05) is 18.0 Å². The number of nitrogens with zero attached hydrogens (tertiary/aromatic N) is 4. The predicted octanol–water partition coefficient (Wildman–Crippen LogP) is 4.01.